The van der Waals surface area contributed by atoms with Gasteiger partial charge in [0.05, 0.1) is 25.3 Å². The zero-order valence-corrected chi connectivity index (χ0v) is 10.2. The fraction of sp³-hybridized carbons (Fsp3) is 0.231. The maximum absolute atomic E-state index is 13.1. The number of hydrogen-bond donors (Lipinski definition) is 0. The number of fused-ring (bicyclic) bond motifs is 1. The first-order chi connectivity index (χ1) is 6.97. The monoisotopic (exact) mass is 221 g/mol. The first-order valence-electron chi connectivity index (χ1n) is 4.98. The number of halogens is 1. The molecule has 0 N–H and O–H groups in total. The Kier molecular flexibility index (Phi) is 2.52. The average molecular weight is 221 g/mol. The van der Waals surface area contributed by atoms with E-state index < -0.39 is 7.26 Å². The van der Waals surface area contributed by atoms with Crippen molar-refractivity contribution in [1.29, 1.82) is 0 Å². The predicted octanol–water partition coefficient (Wildman–Crippen LogP) is 3.51. The van der Waals surface area contributed by atoms with Gasteiger partial charge in [0.2, 0.25) is 0 Å². The van der Waals surface area contributed by atoms with Crippen molar-refractivity contribution in [2.45, 2.75) is 0 Å². The van der Waals surface area contributed by atoms with E-state index in [2.05, 4.69) is 38.2 Å². The van der Waals surface area contributed by atoms with Gasteiger partial charge in [-0.05, 0) is 35.0 Å². The predicted molar refractivity (Wildman–Crippen MR) is 68.2 cm³/mol. The fourth-order valence-corrected chi connectivity index (χ4v) is 2.67. The molecule has 0 aliphatic heterocycles. The van der Waals surface area contributed by atoms with Gasteiger partial charge in [-0.25, -0.2) is 4.39 Å². The average Bonchev–Trinajstić information content (AvgIpc) is 2.15. The summed E-state index contributed by atoms with van der Waals surface area (Å²) in [6.07, 6.45) is 0. The highest BCUT2D eigenvalue weighted by Gasteiger charge is 2.20. The maximum Gasteiger partial charge on any atom is 0.123 e. The third kappa shape index (κ3) is 2.18. The van der Waals surface area contributed by atoms with Crippen molar-refractivity contribution in [3.05, 3.63) is 42.2 Å². The second kappa shape index (κ2) is 3.57. The van der Waals surface area contributed by atoms with Crippen LogP contribution in [0.3, 0.4) is 0 Å². The van der Waals surface area contributed by atoms with Gasteiger partial charge in [-0.1, -0.05) is 12.1 Å². The van der Waals surface area contributed by atoms with E-state index in [4.69, 9.17) is 0 Å². The minimum atomic E-state index is -1.01. The molecule has 0 unspecified atom stereocenters. The minimum Gasteiger partial charge on any atom is -0.207 e. The lowest BCUT2D eigenvalue weighted by Crippen LogP contribution is -2.07. The maximum atomic E-state index is 13.1. The molecule has 2 rings (SSSR count). The van der Waals surface area contributed by atoms with Gasteiger partial charge in [-0.2, -0.15) is 0 Å². The Morgan fingerprint density at radius 3 is 2.20 bits per heavy atom. The van der Waals surface area contributed by atoms with Crippen molar-refractivity contribution >= 4 is 23.3 Å². The van der Waals surface area contributed by atoms with Crippen LogP contribution in [-0.4, -0.2) is 20.0 Å². The van der Waals surface area contributed by atoms with Crippen LogP contribution in [0.4, 0.5) is 4.39 Å². The number of hydrogen-bond acceptors (Lipinski definition) is 0. The Bertz CT molecular complexity index is 497. The molecule has 0 nitrogen and oxygen atoms in total. The summed E-state index contributed by atoms with van der Waals surface area (Å²) in [6.45, 7) is 6.81. The Balaban J connectivity index is 2.64. The molecule has 2 aromatic carbocycles. The summed E-state index contributed by atoms with van der Waals surface area (Å²) in [5.74, 6) is -0.160. The quantitative estimate of drug-likeness (QED) is 0.646. The van der Waals surface area contributed by atoms with Gasteiger partial charge in [0, 0.05) is 7.26 Å². The zero-order valence-electron chi connectivity index (χ0n) is 9.29. The molecule has 0 radical (unpaired) electrons. The van der Waals surface area contributed by atoms with E-state index in [0.29, 0.717) is 0 Å². The lowest BCUT2D eigenvalue weighted by atomic mass is 10.1. The van der Waals surface area contributed by atoms with E-state index in [1.807, 2.05) is 6.07 Å². The van der Waals surface area contributed by atoms with Gasteiger partial charge in [-0.15, -0.1) is 0 Å². The molecule has 2 heteroatoms. The van der Waals surface area contributed by atoms with E-state index in [1.54, 1.807) is 6.07 Å². The van der Waals surface area contributed by atoms with Gasteiger partial charge in [0.15, 0.2) is 0 Å². The van der Waals surface area contributed by atoms with Crippen LogP contribution in [0, 0.1) is 5.82 Å². The fourth-order valence-electron chi connectivity index (χ4n) is 1.62. The molecule has 0 spiro atoms. The highest BCUT2D eigenvalue weighted by atomic mass is 31.2. The third-order valence-corrected chi connectivity index (χ3v) is 4.39. The van der Waals surface area contributed by atoms with E-state index in [0.717, 1.165) is 10.8 Å². The zero-order chi connectivity index (χ0) is 11.1. The Morgan fingerprint density at radius 2 is 1.53 bits per heavy atom. The molecule has 0 aromatic heterocycles. The summed E-state index contributed by atoms with van der Waals surface area (Å²) in [5.41, 5.74) is 0. The summed E-state index contributed by atoms with van der Waals surface area (Å²) in [5, 5.41) is 3.46. The van der Waals surface area contributed by atoms with Gasteiger partial charge >= 0.3 is 0 Å². The van der Waals surface area contributed by atoms with Crippen molar-refractivity contribution in [3.63, 3.8) is 0 Å². The van der Waals surface area contributed by atoms with Crippen LogP contribution in [0.1, 0.15) is 0 Å². The topological polar surface area (TPSA) is 0 Å². The van der Waals surface area contributed by atoms with Crippen molar-refractivity contribution in [2.24, 2.45) is 0 Å². The standard InChI is InChI=1S/C13H15FP/c1-15(2,3)13-7-5-10-4-6-12(14)8-11(10)9-13/h4-9H,1-3H3/q+1. The molecular formula is C13H15FP+. The Labute approximate surface area is 90.5 Å². The largest absolute Gasteiger partial charge is 0.207 e. The smallest absolute Gasteiger partial charge is 0.123 e. The Hall–Kier alpha value is -0.940. The van der Waals surface area contributed by atoms with Crippen LogP contribution >= 0.6 is 7.26 Å². The normalized spacial score (nSPS) is 12.0. The van der Waals surface area contributed by atoms with Crippen LogP contribution in [0.2, 0.25) is 0 Å². The Morgan fingerprint density at radius 1 is 0.867 bits per heavy atom. The van der Waals surface area contributed by atoms with Crippen molar-refractivity contribution in [2.75, 3.05) is 20.0 Å². The van der Waals surface area contributed by atoms with Crippen molar-refractivity contribution < 1.29 is 4.39 Å². The van der Waals surface area contributed by atoms with Gasteiger partial charge < -0.3 is 0 Å². The molecule has 15 heavy (non-hydrogen) atoms. The van der Waals surface area contributed by atoms with Gasteiger partial charge in [-0.3, -0.25) is 0 Å². The molecule has 0 amide bonds. The second-order valence-electron chi connectivity index (χ2n) is 4.69. The summed E-state index contributed by atoms with van der Waals surface area (Å²) >= 11 is 0. The molecule has 0 fully saturated rings. The van der Waals surface area contributed by atoms with E-state index in [9.17, 15) is 4.39 Å². The first-order valence-corrected chi connectivity index (χ1v) is 8.11. The number of rotatable bonds is 1. The summed E-state index contributed by atoms with van der Waals surface area (Å²) in [7, 11) is -1.01. The van der Waals surface area contributed by atoms with Crippen LogP contribution in [0.5, 0.6) is 0 Å². The molecule has 0 atom stereocenters. The van der Waals surface area contributed by atoms with E-state index in [1.165, 1.54) is 11.4 Å². The molecule has 2 aromatic rings. The SMILES string of the molecule is C[P+](C)(C)c1ccc2ccc(F)cc2c1. The van der Waals surface area contributed by atoms with Crippen molar-refractivity contribution in [1.82, 2.24) is 0 Å². The highest BCUT2D eigenvalue weighted by molar-refractivity contribution is 7.80. The summed E-state index contributed by atoms with van der Waals surface area (Å²) in [4.78, 5) is 0. The molecule has 0 aliphatic carbocycles. The van der Waals surface area contributed by atoms with Crippen molar-refractivity contribution in [3.8, 4) is 0 Å². The molecule has 0 bridgehead atoms. The van der Waals surface area contributed by atoms with Crippen LogP contribution in [-0.2, 0) is 0 Å². The second-order valence-corrected chi connectivity index (χ2v) is 9.23. The lowest BCUT2D eigenvalue weighted by molar-refractivity contribution is 0.630. The van der Waals surface area contributed by atoms with Crippen LogP contribution < -0.4 is 5.30 Å². The lowest BCUT2D eigenvalue weighted by Gasteiger charge is -2.12. The number of benzene rings is 2. The molecule has 0 saturated heterocycles. The molecule has 0 heterocycles. The van der Waals surface area contributed by atoms with Gasteiger partial charge in [0.25, 0.3) is 0 Å². The molecule has 0 saturated carbocycles. The molecule has 78 valence electrons. The highest BCUT2D eigenvalue weighted by Crippen LogP contribution is 2.45. The molecule has 0 aliphatic rings. The van der Waals surface area contributed by atoms with E-state index >= 15 is 0 Å². The van der Waals surface area contributed by atoms with Crippen LogP contribution in [0.25, 0.3) is 10.8 Å². The summed E-state index contributed by atoms with van der Waals surface area (Å²) in [6, 6.07) is 11.3. The first kappa shape index (κ1) is 10.6. The van der Waals surface area contributed by atoms with E-state index in [-0.39, 0.29) is 5.82 Å². The minimum absolute atomic E-state index is 0.160. The van der Waals surface area contributed by atoms with Crippen LogP contribution in [0.15, 0.2) is 36.4 Å². The summed E-state index contributed by atoms with van der Waals surface area (Å²) < 4.78 is 13.1. The molecular weight excluding hydrogens is 206 g/mol. The third-order valence-electron chi connectivity index (χ3n) is 2.56. The van der Waals surface area contributed by atoms with Gasteiger partial charge in [0.1, 0.15) is 5.82 Å².